The van der Waals surface area contributed by atoms with Gasteiger partial charge >= 0.3 is 0 Å². The highest BCUT2D eigenvalue weighted by molar-refractivity contribution is 7.10. The minimum atomic E-state index is -0.298. The average molecular weight is 317 g/mol. The fraction of sp³-hybridized carbons (Fsp3) is 0.312. The molecule has 2 aromatic rings. The van der Waals surface area contributed by atoms with Crippen molar-refractivity contribution in [3.05, 3.63) is 52.5 Å². The van der Waals surface area contributed by atoms with Gasteiger partial charge in [-0.15, -0.1) is 11.3 Å². The topological polar surface area (TPSA) is 71.1 Å². The quantitative estimate of drug-likeness (QED) is 0.860. The van der Waals surface area contributed by atoms with Gasteiger partial charge in [0.25, 0.3) is 0 Å². The first-order valence-corrected chi connectivity index (χ1v) is 7.95. The Hall–Kier alpha value is -2.21. The Bertz CT molecular complexity index is 614. The lowest BCUT2D eigenvalue weighted by atomic mass is 10.1. The van der Waals surface area contributed by atoms with E-state index in [-0.39, 0.29) is 30.3 Å². The van der Waals surface area contributed by atoms with Gasteiger partial charge in [-0.2, -0.15) is 0 Å². The molecular weight excluding hydrogens is 298 g/mol. The standard InChI is InChI=1S/C16H19N3O2S/c1-11(13-6-3-4-8-17-13)18-16(21)10-14(19-12(2)20)15-7-5-9-22-15/h3-9,11,14H,10H2,1-2H3,(H,18,21)(H,19,20)/t11-,14-/m0/s1. The number of aromatic nitrogens is 1. The zero-order chi connectivity index (χ0) is 15.9. The molecule has 0 aliphatic heterocycles. The van der Waals surface area contributed by atoms with E-state index >= 15 is 0 Å². The summed E-state index contributed by atoms with van der Waals surface area (Å²) < 4.78 is 0. The summed E-state index contributed by atoms with van der Waals surface area (Å²) in [7, 11) is 0. The molecule has 0 bridgehead atoms. The van der Waals surface area contributed by atoms with Crippen molar-refractivity contribution < 1.29 is 9.59 Å². The first kappa shape index (κ1) is 16.2. The predicted octanol–water partition coefficient (Wildman–Crippen LogP) is 2.59. The Morgan fingerprint density at radius 2 is 2.05 bits per heavy atom. The molecule has 0 aromatic carbocycles. The van der Waals surface area contributed by atoms with E-state index in [2.05, 4.69) is 15.6 Å². The second kappa shape index (κ2) is 7.70. The number of nitrogens with one attached hydrogen (secondary N) is 2. The Morgan fingerprint density at radius 1 is 1.23 bits per heavy atom. The zero-order valence-electron chi connectivity index (χ0n) is 12.6. The molecule has 0 fully saturated rings. The zero-order valence-corrected chi connectivity index (χ0v) is 13.4. The maximum Gasteiger partial charge on any atom is 0.222 e. The number of rotatable bonds is 6. The molecule has 2 N–H and O–H groups in total. The molecule has 22 heavy (non-hydrogen) atoms. The molecule has 0 spiro atoms. The van der Waals surface area contributed by atoms with E-state index < -0.39 is 0 Å². The number of carbonyl (C=O) groups is 2. The van der Waals surface area contributed by atoms with Gasteiger partial charge in [0.1, 0.15) is 0 Å². The number of pyridine rings is 1. The summed E-state index contributed by atoms with van der Waals surface area (Å²) >= 11 is 1.52. The SMILES string of the molecule is CC(=O)N[C@@H](CC(=O)N[C@@H](C)c1ccccn1)c1cccs1. The maximum atomic E-state index is 12.2. The van der Waals surface area contributed by atoms with Crippen LogP contribution in [-0.2, 0) is 9.59 Å². The van der Waals surface area contributed by atoms with E-state index in [1.165, 1.54) is 18.3 Å². The summed E-state index contributed by atoms with van der Waals surface area (Å²) in [5.41, 5.74) is 0.808. The molecule has 0 saturated heterocycles. The number of hydrogen-bond acceptors (Lipinski definition) is 4. The van der Waals surface area contributed by atoms with E-state index in [0.717, 1.165) is 10.6 Å². The Labute approximate surface area is 133 Å². The lowest BCUT2D eigenvalue weighted by molar-refractivity contribution is -0.123. The van der Waals surface area contributed by atoms with Gasteiger partial charge in [0.2, 0.25) is 11.8 Å². The van der Waals surface area contributed by atoms with E-state index in [4.69, 9.17) is 0 Å². The van der Waals surface area contributed by atoms with Crippen molar-refractivity contribution >= 4 is 23.2 Å². The lowest BCUT2D eigenvalue weighted by Crippen LogP contribution is -2.33. The summed E-state index contributed by atoms with van der Waals surface area (Å²) in [6.45, 7) is 3.34. The molecule has 2 rings (SSSR count). The van der Waals surface area contributed by atoms with Crippen LogP contribution >= 0.6 is 11.3 Å². The van der Waals surface area contributed by atoms with Crippen LogP contribution < -0.4 is 10.6 Å². The molecule has 2 heterocycles. The lowest BCUT2D eigenvalue weighted by Gasteiger charge is -2.18. The van der Waals surface area contributed by atoms with Gasteiger partial charge in [0, 0.05) is 18.0 Å². The summed E-state index contributed by atoms with van der Waals surface area (Å²) in [6.07, 6.45) is 1.90. The third-order valence-corrected chi connectivity index (χ3v) is 4.15. The third-order valence-electron chi connectivity index (χ3n) is 3.16. The summed E-state index contributed by atoms with van der Waals surface area (Å²) in [5, 5.41) is 7.66. The van der Waals surface area contributed by atoms with Crippen molar-refractivity contribution in [1.82, 2.24) is 15.6 Å². The van der Waals surface area contributed by atoms with Gasteiger partial charge < -0.3 is 10.6 Å². The highest BCUT2D eigenvalue weighted by Gasteiger charge is 2.19. The van der Waals surface area contributed by atoms with Gasteiger partial charge in [-0.1, -0.05) is 12.1 Å². The predicted molar refractivity (Wildman–Crippen MR) is 86.3 cm³/mol. The van der Waals surface area contributed by atoms with Crippen LogP contribution in [0, 0.1) is 0 Å². The minimum absolute atomic E-state index is 0.120. The molecule has 5 nitrogen and oxygen atoms in total. The van der Waals surface area contributed by atoms with Crippen molar-refractivity contribution in [3.63, 3.8) is 0 Å². The molecule has 0 saturated carbocycles. The highest BCUT2D eigenvalue weighted by Crippen LogP contribution is 2.22. The molecule has 2 aromatic heterocycles. The van der Waals surface area contributed by atoms with Crippen LogP contribution in [0.5, 0.6) is 0 Å². The first-order valence-electron chi connectivity index (χ1n) is 7.07. The van der Waals surface area contributed by atoms with Gasteiger partial charge in [0.05, 0.1) is 24.2 Å². The second-order valence-electron chi connectivity index (χ2n) is 5.02. The van der Waals surface area contributed by atoms with Crippen LogP contribution in [0.15, 0.2) is 41.9 Å². The van der Waals surface area contributed by atoms with E-state index in [0.29, 0.717) is 0 Å². The van der Waals surface area contributed by atoms with Gasteiger partial charge in [-0.25, -0.2) is 0 Å². The fourth-order valence-corrected chi connectivity index (χ4v) is 2.93. The van der Waals surface area contributed by atoms with Crippen LogP contribution in [0.1, 0.15) is 42.9 Å². The largest absolute Gasteiger partial charge is 0.348 e. The van der Waals surface area contributed by atoms with Crippen LogP contribution in [0.2, 0.25) is 0 Å². The van der Waals surface area contributed by atoms with Crippen molar-refractivity contribution in [1.29, 1.82) is 0 Å². The summed E-state index contributed by atoms with van der Waals surface area (Å²) in [4.78, 5) is 28.7. The van der Waals surface area contributed by atoms with E-state index in [1.54, 1.807) is 6.20 Å². The van der Waals surface area contributed by atoms with Gasteiger partial charge in [-0.3, -0.25) is 14.6 Å². The van der Waals surface area contributed by atoms with Gasteiger partial charge in [-0.05, 0) is 30.5 Å². The van der Waals surface area contributed by atoms with Crippen LogP contribution in [0.3, 0.4) is 0 Å². The Balaban J connectivity index is 1.98. The molecule has 2 atom stereocenters. The van der Waals surface area contributed by atoms with Crippen molar-refractivity contribution in [2.45, 2.75) is 32.4 Å². The van der Waals surface area contributed by atoms with E-state index in [1.807, 2.05) is 42.6 Å². The van der Waals surface area contributed by atoms with Gasteiger partial charge in [0.15, 0.2) is 0 Å². The molecule has 0 aliphatic carbocycles. The smallest absolute Gasteiger partial charge is 0.222 e. The van der Waals surface area contributed by atoms with Crippen LogP contribution in [0.4, 0.5) is 0 Å². The maximum absolute atomic E-state index is 12.2. The normalized spacial score (nSPS) is 13.2. The first-order chi connectivity index (χ1) is 10.6. The molecule has 0 aliphatic rings. The summed E-state index contributed by atoms with van der Waals surface area (Å²) in [5.74, 6) is -0.269. The minimum Gasteiger partial charge on any atom is -0.348 e. The number of thiophene rings is 1. The van der Waals surface area contributed by atoms with E-state index in [9.17, 15) is 9.59 Å². The summed E-state index contributed by atoms with van der Waals surface area (Å²) in [6, 6.07) is 8.95. The molecule has 2 amide bonds. The third kappa shape index (κ3) is 4.66. The van der Waals surface area contributed by atoms with Crippen molar-refractivity contribution in [3.8, 4) is 0 Å². The molecule has 0 radical (unpaired) electrons. The fourth-order valence-electron chi connectivity index (χ4n) is 2.15. The van der Waals surface area contributed by atoms with Crippen molar-refractivity contribution in [2.24, 2.45) is 0 Å². The molecular formula is C16H19N3O2S. The number of carbonyl (C=O) groups excluding carboxylic acids is 2. The monoisotopic (exact) mass is 317 g/mol. The average Bonchev–Trinajstić information content (AvgIpc) is 3.01. The van der Waals surface area contributed by atoms with Crippen LogP contribution in [0.25, 0.3) is 0 Å². The molecule has 6 heteroatoms. The molecule has 0 unspecified atom stereocenters. The second-order valence-corrected chi connectivity index (χ2v) is 6.00. The number of nitrogens with zero attached hydrogens (tertiary/aromatic N) is 1. The van der Waals surface area contributed by atoms with Crippen LogP contribution in [-0.4, -0.2) is 16.8 Å². The Morgan fingerprint density at radius 3 is 2.64 bits per heavy atom. The highest BCUT2D eigenvalue weighted by atomic mass is 32.1. The number of hydrogen-bond donors (Lipinski definition) is 2. The Kier molecular flexibility index (Phi) is 5.66. The van der Waals surface area contributed by atoms with Crippen molar-refractivity contribution in [2.75, 3.05) is 0 Å². The molecule has 116 valence electrons. The number of amides is 2.